The molecule has 0 saturated carbocycles. The summed E-state index contributed by atoms with van der Waals surface area (Å²) < 4.78 is 0. The fourth-order valence-electron chi connectivity index (χ4n) is 0. The molecule has 6 heavy (non-hydrogen) atoms. The van der Waals surface area contributed by atoms with Crippen LogP contribution in [0, 0.1) is 0 Å². The van der Waals surface area contributed by atoms with Crippen LogP contribution in [0.5, 0.6) is 0 Å². The Hall–Kier alpha value is 0.993. The Morgan fingerprint density at radius 1 is 0.500 bits per heavy atom. The van der Waals surface area contributed by atoms with Gasteiger partial charge < -0.3 is 18.8 Å². The molecule has 0 aliphatic rings. The van der Waals surface area contributed by atoms with Gasteiger partial charge in [0.1, 0.15) is 0 Å². The van der Waals surface area contributed by atoms with Gasteiger partial charge in [-0.3, -0.25) is 0 Å². The quantitative estimate of drug-likeness (QED) is 0.243. The molecule has 0 unspecified atom stereocenters. The van der Waals surface area contributed by atoms with Crippen molar-refractivity contribution in [2.75, 3.05) is 0 Å². The molecule has 0 aliphatic heterocycles. The van der Waals surface area contributed by atoms with Gasteiger partial charge >= 0.3 is 39.8 Å². The van der Waals surface area contributed by atoms with Gasteiger partial charge in [0.05, 0.1) is 0 Å². The zero-order chi connectivity index (χ0) is 0. The normalized spacial score (nSPS) is 0. The number of halogens is 4. The summed E-state index contributed by atoms with van der Waals surface area (Å²) in [5.74, 6) is 0. The van der Waals surface area contributed by atoms with Crippen LogP contribution in [0.2, 0.25) is 0 Å². The van der Waals surface area contributed by atoms with Gasteiger partial charge in [0, 0.05) is 0 Å². The maximum atomic E-state index is 0. The molecule has 0 rings (SSSR count). The molecule has 0 fully saturated rings. The van der Waals surface area contributed by atoms with E-state index >= 15 is 0 Å². The number of hydrogen-bond acceptors (Lipinski definition) is 0. The predicted octanol–water partition coefficient (Wildman–Crippen LogP) is -12.4. The van der Waals surface area contributed by atoms with Crippen LogP contribution in [0.25, 0.3) is 0 Å². The fraction of sp³-hybridized carbons (Fsp3) is 0. The van der Waals surface area contributed by atoms with E-state index in [1.54, 1.807) is 0 Å². The number of rotatable bonds is 0. The summed E-state index contributed by atoms with van der Waals surface area (Å²) in [6.07, 6.45) is 0. The minimum Gasteiger partial charge on any atom is -1.00 e. The van der Waals surface area contributed by atoms with Crippen molar-refractivity contribution >= 4 is 23.1 Å². The van der Waals surface area contributed by atoms with Crippen molar-refractivity contribution in [3.05, 3.63) is 0 Å². The molecule has 0 nitrogen and oxygen atoms in total. The molecule has 0 aromatic heterocycles. The molecule has 0 aromatic carbocycles. The second-order valence-corrected chi connectivity index (χ2v) is 0. The van der Waals surface area contributed by atoms with Gasteiger partial charge in [-0.1, -0.05) is 0 Å². The third-order valence-electron chi connectivity index (χ3n) is 0. The summed E-state index contributed by atoms with van der Waals surface area (Å²) >= 11 is 0. The van der Waals surface area contributed by atoms with Gasteiger partial charge in [-0.15, -0.1) is 0 Å². The second kappa shape index (κ2) is 152. The topological polar surface area (TPSA) is 0 Å². The Morgan fingerprint density at radius 3 is 0.500 bits per heavy atom. The van der Waals surface area contributed by atoms with Gasteiger partial charge in [0.15, 0.2) is 0 Å². The van der Waals surface area contributed by atoms with Crippen molar-refractivity contribution < 1.29 is 35.6 Å². The Balaban J connectivity index is 0. The molecule has 0 aromatic rings. The van der Waals surface area contributed by atoms with Gasteiger partial charge in [0.2, 0.25) is 0 Å². The Morgan fingerprint density at radius 2 is 0.500 bits per heavy atom. The molecule has 0 heterocycles. The summed E-state index contributed by atoms with van der Waals surface area (Å²) in [4.78, 5) is 0. The van der Waals surface area contributed by atoms with Crippen LogP contribution in [-0.4, -0.2) is 23.1 Å². The smallest absolute Gasteiger partial charge is 1.00 e. The summed E-state index contributed by atoms with van der Waals surface area (Å²) in [6, 6.07) is 0. The first-order chi connectivity index (χ1) is 0. The number of hydrogen-bond donors (Lipinski definition) is 0. The van der Waals surface area contributed by atoms with E-state index in [9.17, 15) is 0 Å². The van der Waals surface area contributed by atoms with Crippen molar-refractivity contribution in [1.82, 2.24) is 0 Å². The third kappa shape index (κ3) is 80.8. The second-order valence-electron chi connectivity index (χ2n) is 0. The minimum atomic E-state index is 0. The molecular formula is CoF4Mg. The molecule has 0 N–H and O–H groups in total. The molecule has 0 spiro atoms. The van der Waals surface area contributed by atoms with E-state index in [-0.39, 0.29) is 58.6 Å². The standard InChI is InChI=1S/Co.4FH.Mg/h;4*1H;/q+2;;;;;+2/p-4. The Bertz CT molecular complexity index is 7.51. The van der Waals surface area contributed by atoms with Crippen LogP contribution in [0.3, 0.4) is 0 Å². The van der Waals surface area contributed by atoms with E-state index in [1.165, 1.54) is 0 Å². The van der Waals surface area contributed by atoms with Crippen molar-refractivity contribution in [2.24, 2.45) is 0 Å². The predicted molar refractivity (Wildman–Crippen MR) is 5.75 cm³/mol. The van der Waals surface area contributed by atoms with Crippen molar-refractivity contribution in [3.63, 3.8) is 0 Å². The zero-order valence-corrected chi connectivity index (χ0v) is 5.01. The van der Waals surface area contributed by atoms with E-state index in [4.69, 9.17) is 0 Å². The van der Waals surface area contributed by atoms with Crippen LogP contribution in [0.1, 0.15) is 0 Å². The van der Waals surface area contributed by atoms with Crippen LogP contribution in [0.4, 0.5) is 0 Å². The minimum absolute atomic E-state index is 0. The molecule has 0 aliphatic carbocycles. The SMILES string of the molecule is [Co+2].[F-].[F-].[F-].[F-].[Mg+2]. The molecule has 0 saturated heterocycles. The molecule has 1 radical (unpaired) electrons. The maximum Gasteiger partial charge on any atom is 2.00 e. The van der Waals surface area contributed by atoms with Crippen molar-refractivity contribution in [1.29, 1.82) is 0 Å². The van der Waals surface area contributed by atoms with E-state index < -0.39 is 0 Å². The summed E-state index contributed by atoms with van der Waals surface area (Å²) in [7, 11) is 0. The molecule has 39 valence electrons. The molecule has 6 heteroatoms. The van der Waals surface area contributed by atoms with E-state index in [1.807, 2.05) is 0 Å². The van der Waals surface area contributed by atoms with Gasteiger partial charge in [-0.05, 0) is 0 Å². The van der Waals surface area contributed by atoms with Crippen LogP contribution < -0.4 is 18.8 Å². The van der Waals surface area contributed by atoms with Gasteiger partial charge in [0.25, 0.3) is 0 Å². The molecule has 0 atom stereocenters. The largest absolute Gasteiger partial charge is 2.00 e. The van der Waals surface area contributed by atoms with Crippen molar-refractivity contribution in [2.45, 2.75) is 0 Å². The first-order valence-corrected chi connectivity index (χ1v) is 0. The summed E-state index contributed by atoms with van der Waals surface area (Å²) in [6.45, 7) is 0. The Kier molecular flexibility index (Phi) is 6440. The van der Waals surface area contributed by atoms with Gasteiger partial charge in [-0.25, -0.2) is 0 Å². The monoisotopic (exact) mass is 159 g/mol. The first-order valence-electron chi connectivity index (χ1n) is 0. The molecule has 0 amide bonds. The van der Waals surface area contributed by atoms with Gasteiger partial charge in [-0.2, -0.15) is 0 Å². The van der Waals surface area contributed by atoms with Crippen molar-refractivity contribution in [3.8, 4) is 0 Å². The summed E-state index contributed by atoms with van der Waals surface area (Å²) in [5, 5.41) is 0. The van der Waals surface area contributed by atoms with E-state index in [0.29, 0.717) is 0 Å². The van der Waals surface area contributed by atoms with Crippen LogP contribution in [-0.2, 0) is 16.8 Å². The molecule has 0 bridgehead atoms. The zero-order valence-electron chi connectivity index (χ0n) is 2.55. The average molecular weight is 159 g/mol. The Labute approximate surface area is 58.9 Å². The first kappa shape index (κ1) is 255. The fourth-order valence-corrected chi connectivity index (χ4v) is 0. The molecular weight excluding hydrogens is 159 g/mol. The van der Waals surface area contributed by atoms with Crippen LogP contribution >= 0.6 is 0 Å². The summed E-state index contributed by atoms with van der Waals surface area (Å²) in [5.41, 5.74) is 0. The van der Waals surface area contributed by atoms with Crippen LogP contribution in [0.15, 0.2) is 0 Å². The van der Waals surface area contributed by atoms with E-state index in [2.05, 4.69) is 0 Å². The third-order valence-corrected chi connectivity index (χ3v) is 0. The average Bonchev–Trinajstić information content (AvgIpc) is 0. The maximum absolute atomic E-state index is 0. The van der Waals surface area contributed by atoms with E-state index in [0.717, 1.165) is 0 Å².